The van der Waals surface area contributed by atoms with E-state index >= 15 is 0 Å². The van der Waals surface area contributed by atoms with Gasteiger partial charge in [-0.25, -0.2) is 4.98 Å². The zero-order chi connectivity index (χ0) is 15.8. The molecule has 124 valence electrons. The van der Waals surface area contributed by atoms with Crippen molar-refractivity contribution in [3.63, 3.8) is 0 Å². The fraction of sp³-hybridized carbons (Fsp3) is 0.733. The van der Waals surface area contributed by atoms with Crippen LogP contribution in [0.3, 0.4) is 0 Å². The van der Waals surface area contributed by atoms with Crippen LogP contribution in [-0.2, 0) is 0 Å². The van der Waals surface area contributed by atoms with Gasteiger partial charge in [0.15, 0.2) is 11.1 Å². The third-order valence-electron chi connectivity index (χ3n) is 3.94. The molecule has 0 saturated carbocycles. The summed E-state index contributed by atoms with van der Waals surface area (Å²) in [6.07, 6.45) is 4.34. The molecule has 0 atom stereocenters. The molecule has 2 heterocycles. The summed E-state index contributed by atoms with van der Waals surface area (Å²) in [5.41, 5.74) is 6.12. The first-order chi connectivity index (χ1) is 10.7. The Labute approximate surface area is 137 Å². The second-order valence-corrected chi connectivity index (χ2v) is 6.56. The van der Waals surface area contributed by atoms with Crippen molar-refractivity contribution in [3.05, 3.63) is 11.6 Å². The number of hydrogen-bond donors (Lipinski definition) is 1. The van der Waals surface area contributed by atoms with Gasteiger partial charge >= 0.3 is 0 Å². The minimum Gasteiger partial charge on any atom is -0.370 e. The van der Waals surface area contributed by atoms with Crippen molar-refractivity contribution < 1.29 is 0 Å². The summed E-state index contributed by atoms with van der Waals surface area (Å²) in [6, 6.07) is 0. The van der Waals surface area contributed by atoms with Gasteiger partial charge in [-0.3, -0.25) is 4.99 Å². The third-order valence-corrected chi connectivity index (χ3v) is 4.77. The quantitative estimate of drug-likeness (QED) is 0.605. The normalized spacial score (nSPS) is 16.6. The van der Waals surface area contributed by atoms with E-state index in [1.807, 2.05) is 11.6 Å². The Kier molecular flexibility index (Phi) is 6.92. The smallest absolute Gasteiger partial charge is 0.191 e. The van der Waals surface area contributed by atoms with Crippen molar-refractivity contribution >= 4 is 22.4 Å². The van der Waals surface area contributed by atoms with E-state index in [1.165, 1.54) is 12.8 Å². The van der Waals surface area contributed by atoms with Crippen LogP contribution in [0.5, 0.6) is 0 Å². The summed E-state index contributed by atoms with van der Waals surface area (Å²) in [5, 5.41) is 3.12. The van der Waals surface area contributed by atoms with E-state index in [9.17, 15) is 0 Å². The molecule has 1 aromatic rings. The van der Waals surface area contributed by atoms with Crippen LogP contribution in [-0.4, -0.2) is 73.6 Å². The maximum Gasteiger partial charge on any atom is 0.191 e. The first kappa shape index (κ1) is 17.0. The lowest BCUT2D eigenvalue weighted by atomic mass is 10.3. The lowest BCUT2D eigenvalue weighted by molar-refractivity contribution is 0.335. The summed E-state index contributed by atoms with van der Waals surface area (Å²) < 4.78 is 0. The number of hydrogen-bond acceptors (Lipinski definition) is 5. The Morgan fingerprint density at radius 1 is 1.36 bits per heavy atom. The van der Waals surface area contributed by atoms with Crippen LogP contribution >= 0.6 is 11.3 Å². The van der Waals surface area contributed by atoms with Gasteiger partial charge in [-0.05, 0) is 20.0 Å². The fourth-order valence-electron chi connectivity index (χ4n) is 2.47. The zero-order valence-corrected chi connectivity index (χ0v) is 14.6. The summed E-state index contributed by atoms with van der Waals surface area (Å²) in [5.74, 6) is 0.683. The van der Waals surface area contributed by atoms with Crippen molar-refractivity contribution in [1.29, 1.82) is 0 Å². The average molecular weight is 324 g/mol. The molecule has 22 heavy (non-hydrogen) atoms. The first-order valence-corrected chi connectivity index (χ1v) is 8.96. The van der Waals surface area contributed by atoms with Gasteiger partial charge in [-0.1, -0.05) is 13.3 Å². The minimum absolute atomic E-state index is 0.683. The van der Waals surface area contributed by atoms with Crippen LogP contribution in [0.1, 0.15) is 19.8 Å². The molecule has 0 bridgehead atoms. The minimum atomic E-state index is 0.683. The van der Waals surface area contributed by atoms with E-state index < -0.39 is 0 Å². The SMILES string of the molecule is CCCCN(C)CCN=C(N)N1CCN(c2nccs2)CC1. The highest BCUT2D eigenvalue weighted by atomic mass is 32.1. The average Bonchev–Trinajstić information content (AvgIpc) is 3.07. The number of unbranched alkanes of at least 4 members (excludes halogenated alkanes) is 1. The summed E-state index contributed by atoms with van der Waals surface area (Å²) >= 11 is 1.69. The summed E-state index contributed by atoms with van der Waals surface area (Å²) in [7, 11) is 2.15. The number of piperazine rings is 1. The van der Waals surface area contributed by atoms with Crippen molar-refractivity contribution in [2.24, 2.45) is 10.7 Å². The lowest BCUT2D eigenvalue weighted by Crippen LogP contribution is -2.51. The van der Waals surface area contributed by atoms with E-state index in [4.69, 9.17) is 5.73 Å². The number of nitrogens with two attached hydrogens (primary N) is 1. The fourth-order valence-corrected chi connectivity index (χ4v) is 3.17. The predicted molar refractivity (Wildman–Crippen MR) is 94.8 cm³/mol. The van der Waals surface area contributed by atoms with Crippen molar-refractivity contribution in [3.8, 4) is 0 Å². The predicted octanol–water partition coefficient (Wildman–Crippen LogP) is 1.31. The van der Waals surface area contributed by atoms with E-state index in [-0.39, 0.29) is 0 Å². The molecule has 0 aromatic carbocycles. The number of aliphatic imine (C=N–C) groups is 1. The second kappa shape index (κ2) is 8.95. The Hall–Kier alpha value is -1.34. The number of rotatable bonds is 7. The highest BCUT2D eigenvalue weighted by Crippen LogP contribution is 2.18. The number of guanidine groups is 1. The van der Waals surface area contributed by atoms with Crippen LogP contribution in [0.25, 0.3) is 0 Å². The number of anilines is 1. The van der Waals surface area contributed by atoms with E-state index in [0.717, 1.165) is 50.9 Å². The molecule has 1 saturated heterocycles. The molecule has 7 heteroatoms. The molecule has 1 aromatic heterocycles. The van der Waals surface area contributed by atoms with Gasteiger partial charge in [0.05, 0.1) is 6.54 Å². The largest absolute Gasteiger partial charge is 0.370 e. The Bertz CT molecular complexity index is 439. The molecule has 0 aliphatic carbocycles. The van der Waals surface area contributed by atoms with E-state index in [2.05, 4.69) is 38.6 Å². The van der Waals surface area contributed by atoms with Crippen LogP contribution < -0.4 is 10.6 Å². The van der Waals surface area contributed by atoms with Crippen molar-refractivity contribution in [2.45, 2.75) is 19.8 Å². The second-order valence-electron chi connectivity index (χ2n) is 5.69. The molecule has 0 amide bonds. The molecule has 0 unspecified atom stereocenters. The van der Waals surface area contributed by atoms with Gasteiger partial charge in [0, 0.05) is 44.3 Å². The van der Waals surface area contributed by atoms with Gasteiger partial charge in [-0.2, -0.15) is 0 Å². The zero-order valence-electron chi connectivity index (χ0n) is 13.7. The topological polar surface area (TPSA) is 61.0 Å². The maximum atomic E-state index is 6.12. The molecule has 2 rings (SSSR count). The molecule has 1 fully saturated rings. The van der Waals surface area contributed by atoms with Gasteiger partial charge in [0.25, 0.3) is 0 Å². The molecule has 6 nitrogen and oxygen atoms in total. The molecule has 2 N–H and O–H groups in total. The van der Waals surface area contributed by atoms with Gasteiger partial charge < -0.3 is 20.4 Å². The lowest BCUT2D eigenvalue weighted by Gasteiger charge is -2.35. The maximum absolute atomic E-state index is 6.12. The molecular formula is C15H28N6S. The Morgan fingerprint density at radius 2 is 2.14 bits per heavy atom. The summed E-state index contributed by atoms with van der Waals surface area (Å²) in [4.78, 5) is 15.7. The monoisotopic (exact) mass is 324 g/mol. The van der Waals surface area contributed by atoms with Crippen molar-refractivity contribution in [1.82, 2.24) is 14.8 Å². The number of likely N-dealkylation sites (N-methyl/N-ethyl adjacent to an activating group) is 1. The Morgan fingerprint density at radius 3 is 2.77 bits per heavy atom. The molecule has 0 spiro atoms. The van der Waals surface area contributed by atoms with Gasteiger partial charge in [0.1, 0.15) is 0 Å². The van der Waals surface area contributed by atoms with Crippen LogP contribution in [0.15, 0.2) is 16.6 Å². The number of aromatic nitrogens is 1. The number of thiazole rings is 1. The number of nitrogens with zero attached hydrogens (tertiary/aromatic N) is 5. The highest BCUT2D eigenvalue weighted by Gasteiger charge is 2.19. The van der Waals surface area contributed by atoms with Crippen molar-refractivity contribution in [2.75, 3.05) is 57.8 Å². The van der Waals surface area contributed by atoms with Crippen LogP contribution in [0, 0.1) is 0 Å². The van der Waals surface area contributed by atoms with E-state index in [1.54, 1.807) is 11.3 Å². The first-order valence-electron chi connectivity index (χ1n) is 8.08. The standard InChI is InChI=1S/C15H28N6S/c1-3-4-7-19(2)8-5-17-14(16)20-9-11-21(12-10-20)15-18-6-13-22-15/h6,13H,3-5,7-12H2,1-2H3,(H2,16,17). The van der Waals surface area contributed by atoms with E-state index in [0.29, 0.717) is 5.96 Å². The molecule has 1 aliphatic heterocycles. The molecular weight excluding hydrogens is 296 g/mol. The molecule has 1 aliphatic rings. The Balaban J connectivity index is 1.70. The van der Waals surface area contributed by atoms with Crippen LogP contribution in [0.2, 0.25) is 0 Å². The van der Waals surface area contributed by atoms with Crippen LogP contribution in [0.4, 0.5) is 5.13 Å². The molecule has 0 radical (unpaired) electrons. The third kappa shape index (κ3) is 5.14. The highest BCUT2D eigenvalue weighted by molar-refractivity contribution is 7.13. The summed E-state index contributed by atoms with van der Waals surface area (Å²) in [6.45, 7) is 8.85. The van der Waals surface area contributed by atoms with Gasteiger partial charge in [-0.15, -0.1) is 11.3 Å². The van der Waals surface area contributed by atoms with Gasteiger partial charge in [0.2, 0.25) is 0 Å².